The first-order valence-electron chi connectivity index (χ1n) is 4.44. The minimum atomic E-state index is -0.318. The Hall–Kier alpha value is -1.13. The van der Waals surface area contributed by atoms with Gasteiger partial charge in [-0.05, 0) is 24.1 Å². The van der Waals surface area contributed by atoms with Crippen LogP contribution in [0, 0.1) is 5.82 Å². The summed E-state index contributed by atoms with van der Waals surface area (Å²) < 4.78 is 23.4. The third-order valence-electron chi connectivity index (χ3n) is 2.13. The molecule has 4 heteroatoms. The van der Waals surface area contributed by atoms with Crippen LogP contribution in [-0.2, 0) is 17.8 Å². The summed E-state index contributed by atoms with van der Waals surface area (Å²) in [6.07, 6.45) is 0.403. The molecule has 0 amide bonds. The summed E-state index contributed by atoms with van der Waals surface area (Å²) >= 11 is 0. The molecule has 1 aliphatic heterocycles. The SMILES string of the molecule is OCCc1cc(F)cc2c1OCOC2. The minimum absolute atomic E-state index is 0.0138. The van der Waals surface area contributed by atoms with Crippen LogP contribution in [0.25, 0.3) is 0 Å². The molecule has 0 saturated heterocycles. The molecule has 14 heavy (non-hydrogen) atoms. The molecule has 1 heterocycles. The molecule has 1 N–H and O–H groups in total. The van der Waals surface area contributed by atoms with Gasteiger partial charge in [0.2, 0.25) is 0 Å². The first kappa shape index (κ1) is 9.43. The van der Waals surface area contributed by atoms with Gasteiger partial charge in [-0.25, -0.2) is 4.39 Å². The number of halogens is 1. The molecule has 0 saturated carbocycles. The van der Waals surface area contributed by atoms with Crippen LogP contribution in [-0.4, -0.2) is 18.5 Å². The van der Waals surface area contributed by atoms with Crippen LogP contribution < -0.4 is 4.74 Å². The highest BCUT2D eigenvalue weighted by Gasteiger charge is 2.16. The highest BCUT2D eigenvalue weighted by atomic mass is 19.1. The first-order chi connectivity index (χ1) is 6.81. The molecule has 2 rings (SSSR count). The van der Waals surface area contributed by atoms with E-state index in [4.69, 9.17) is 14.6 Å². The van der Waals surface area contributed by atoms with E-state index in [9.17, 15) is 4.39 Å². The van der Waals surface area contributed by atoms with Crippen molar-refractivity contribution in [1.82, 2.24) is 0 Å². The topological polar surface area (TPSA) is 38.7 Å². The molecule has 0 fully saturated rings. The maximum Gasteiger partial charge on any atom is 0.189 e. The lowest BCUT2D eigenvalue weighted by Crippen LogP contribution is -2.14. The average Bonchev–Trinajstić information content (AvgIpc) is 2.18. The van der Waals surface area contributed by atoms with Crippen molar-refractivity contribution in [2.75, 3.05) is 13.4 Å². The van der Waals surface area contributed by atoms with E-state index in [2.05, 4.69) is 0 Å². The van der Waals surface area contributed by atoms with E-state index < -0.39 is 0 Å². The minimum Gasteiger partial charge on any atom is -0.467 e. The fourth-order valence-corrected chi connectivity index (χ4v) is 1.56. The van der Waals surface area contributed by atoms with E-state index >= 15 is 0 Å². The fraction of sp³-hybridized carbons (Fsp3) is 0.400. The molecule has 0 atom stereocenters. The molecule has 0 bridgehead atoms. The van der Waals surface area contributed by atoms with Crippen LogP contribution in [0.3, 0.4) is 0 Å². The zero-order chi connectivity index (χ0) is 9.97. The smallest absolute Gasteiger partial charge is 0.189 e. The number of ether oxygens (including phenoxy) is 2. The average molecular weight is 198 g/mol. The van der Waals surface area contributed by atoms with Crippen molar-refractivity contribution < 1.29 is 19.0 Å². The quantitative estimate of drug-likeness (QED) is 0.776. The van der Waals surface area contributed by atoms with Gasteiger partial charge < -0.3 is 14.6 Å². The van der Waals surface area contributed by atoms with Crippen molar-refractivity contribution in [3.05, 3.63) is 29.1 Å². The number of aliphatic hydroxyl groups excluding tert-OH is 1. The third-order valence-corrected chi connectivity index (χ3v) is 2.13. The highest BCUT2D eigenvalue weighted by Crippen LogP contribution is 2.29. The Balaban J connectivity index is 2.41. The van der Waals surface area contributed by atoms with Crippen LogP contribution in [0.15, 0.2) is 12.1 Å². The van der Waals surface area contributed by atoms with Gasteiger partial charge in [-0.1, -0.05) is 0 Å². The van der Waals surface area contributed by atoms with E-state index in [0.717, 1.165) is 0 Å². The summed E-state index contributed by atoms with van der Waals surface area (Å²) in [5.41, 5.74) is 1.41. The van der Waals surface area contributed by atoms with Crippen LogP contribution in [0.1, 0.15) is 11.1 Å². The van der Waals surface area contributed by atoms with Crippen LogP contribution >= 0.6 is 0 Å². The van der Waals surface area contributed by atoms with Gasteiger partial charge in [0.25, 0.3) is 0 Å². The summed E-state index contributed by atoms with van der Waals surface area (Å²) in [4.78, 5) is 0. The van der Waals surface area contributed by atoms with E-state index in [1.54, 1.807) is 0 Å². The van der Waals surface area contributed by atoms with Gasteiger partial charge in [0.05, 0.1) is 6.61 Å². The zero-order valence-electron chi connectivity index (χ0n) is 7.62. The van der Waals surface area contributed by atoms with Gasteiger partial charge in [0, 0.05) is 12.2 Å². The molecular formula is C10H11FO3. The second-order valence-electron chi connectivity index (χ2n) is 3.14. The number of rotatable bonds is 2. The number of aliphatic hydroxyl groups is 1. The molecule has 1 aromatic carbocycles. The monoisotopic (exact) mass is 198 g/mol. The largest absolute Gasteiger partial charge is 0.467 e. The molecule has 76 valence electrons. The van der Waals surface area contributed by atoms with E-state index in [-0.39, 0.29) is 19.2 Å². The zero-order valence-corrected chi connectivity index (χ0v) is 7.62. The molecule has 0 aliphatic carbocycles. The normalized spacial score (nSPS) is 14.7. The maximum absolute atomic E-state index is 13.1. The molecule has 1 aromatic rings. The van der Waals surface area contributed by atoms with Gasteiger partial charge in [-0.3, -0.25) is 0 Å². The molecule has 0 radical (unpaired) electrons. The Morgan fingerprint density at radius 2 is 2.29 bits per heavy atom. The summed E-state index contributed by atoms with van der Waals surface area (Å²) in [7, 11) is 0. The Kier molecular flexibility index (Phi) is 2.65. The Labute approximate surface area is 81.1 Å². The molecule has 1 aliphatic rings. The van der Waals surface area contributed by atoms with Gasteiger partial charge in [-0.2, -0.15) is 0 Å². The molecule has 3 nitrogen and oxygen atoms in total. The summed E-state index contributed by atoms with van der Waals surface area (Å²) in [6.45, 7) is 0.544. The second kappa shape index (κ2) is 3.94. The Morgan fingerprint density at radius 1 is 1.43 bits per heavy atom. The fourth-order valence-electron chi connectivity index (χ4n) is 1.56. The van der Waals surface area contributed by atoms with Crippen molar-refractivity contribution in [2.24, 2.45) is 0 Å². The maximum atomic E-state index is 13.1. The van der Waals surface area contributed by atoms with E-state index in [1.807, 2.05) is 0 Å². The molecular weight excluding hydrogens is 187 g/mol. The van der Waals surface area contributed by atoms with Gasteiger partial charge in [0.15, 0.2) is 6.79 Å². The predicted octanol–water partition coefficient (Wildman–Crippen LogP) is 1.23. The predicted molar refractivity (Wildman–Crippen MR) is 47.5 cm³/mol. The third kappa shape index (κ3) is 1.71. The number of benzene rings is 1. The van der Waals surface area contributed by atoms with Crippen molar-refractivity contribution in [3.8, 4) is 5.75 Å². The summed E-state index contributed by atoms with van der Waals surface area (Å²) in [6, 6.07) is 2.79. The van der Waals surface area contributed by atoms with Crippen molar-refractivity contribution in [1.29, 1.82) is 0 Å². The highest BCUT2D eigenvalue weighted by molar-refractivity contribution is 5.42. The second-order valence-corrected chi connectivity index (χ2v) is 3.14. The van der Waals surface area contributed by atoms with E-state index in [0.29, 0.717) is 29.9 Å². The summed E-state index contributed by atoms with van der Waals surface area (Å²) in [5, 5.41) is 8.80. The van der Waals surface area contributed by atoms with Crippen molar-refractivity contribution in [3.63, 3.8) is 0 Å². The standard InChI is InChI=1S/C10H11FO3/c11-9-3-7(1-2-12)10-8(4-9)5-13-6-14-10/h3-4,12H,1-2,5-6H2. The Morgan fingerprint density at radius 3 is 3.07 bits per heavy atom. The van der Waals surface area contributed by atoms with Crippen molar-refractivity contribution >= 4 is 0 Å². The molecule has 0 unspecified atom stereocenters. The molecule has 0 aromatic heterocycles. The van der Waals surface area contributed by atoms with E-state index in [1.165, 1.54) is 12.1 Å². The lowest BCUT2D eigenvalue weighted by Gasteiger charge is -2.20. The van der Waals surface area contributed by atoms with Gasteiger partial charge >= 0.3 is 0 Å². The lowest BCUT2D eigenvalue weighted by atomic mass is 10.1. The molecule has 0 spiro atoms. The van der Waals surface area contributed by atoms with Crippen LogP contribution in [0.5, 0.6) is 5.75 Å². The van der Waals surface area contributed by atoms with Gasteiger partial charge in [0.1, 0.15) is 11.6 Å². The number of fused-ring (bicyclic) bond motifs is 1. The Bertz CT molecular complexity index is 338. The number of hydrogen-bond donors (Lipinski definition) is 1. The lowest BCUT2D eigenvalue weighted by molar-refractivity contribution is -0.0173. The first-order valence-corrected chi connectivity index (χ1v) is 4.44. The van der Waals surface area contributed by atoms with Crippen LogP contribution in [0.4, 0.5) is 4.39 Å². The summed E-state index contributed by atoms with van der Waals surface area (Å²) in [5.74, 6) is 0.341. The van der Waals surface area contributed by atoms with Crippen molar-refractivity contribution in [2.45, 2.75) is 13.0 Å². The van der Waals surface area contributed by atoms with Gasteiger partial charge in [-0.15, -0.1) is 0 Å². The number of hydrogen-bond acceptors (Lipinski definition) is 3. The van der Waals surface area contributed by atoms with Crippen LogP contribution in [0.2, 0.25) is 0 Å².